The maximum absolute atomic E-state index is 12.7. The summed E-state index contributed by atoms with van der Waals surface area (Å²) < 4.78 is 1.52. The Labute approximate surface area is 163 Å². The molecule has 0 amide bonds. The molecule has 0 spiro atoms. The van der Waals surface area contributed by atoms with E-state index < -0.39 is 0 Å². The zero-order valence-corrected chi connectivity index (χ0v) is 17.0. The maximum Gasteiger partial charge on any atom is 1.00 e. The van der Waals surface area contributed by atoms with Gasteiger partial charge in [0.2, 0.25) is 0 Å². The van der Waals surface area contributed by atoms with Crippen LogP contribution in [0.2, 0.25) is 0 Å². The van der Waals surface area contributed by atoms with Gasteiger partial charge in [-0.15, -0.1) is 11.3 Å². The number of aromatic nitrogens is 2. The van der Waals surface area contributed by atoms with Crippen LogP contribution < -0.4 is 40.5 Å². The third-order valence-corrected chi connectivity index (χ3v) is 5.35. The Kier molecular flexibility index (Phi) is 6.09. The van der Waals surface area contributed by atoms with Crippen molar-refractivity contribution in [3.8, 4) is 0 Å². The Balaban J connectivity index is 0.00000161. The molecule has 0 aromatic carbocycles. The smallest absolute Gasteiger partial charge is 0.410 e. The van der Waals surface area contributed by atoms with Crippen LogP contribution in [-0.4, -0.2) is 20.2 Å². The Morgan fingerprint density at radius 3 is 2.86 bits per heavy atom. The van der Waals surface area contributed by atoms with Crippen LogP contribution in [0, 0.1) is 0 Å². The van der Waals surface area contributed by atoms with Gasteiger partial charge in [-0.25, -0.2) is 4.98 Å². The molecule has 0 fully saturated rings. The van der Waals surface area contributed by atoms with Crippen LogP contribution in [0.4, 0.5) is 0 Å². The third-order valence-electron chi connectivity index (χ3n) is 3.34. The van der Waals surface area contributed by atoms with E-state index in [0.717, 1.165) is 29.5 Å². The van der Waals surface area contributed by atoms with Gasteiger partial charge in [-0.3, -0.25) is 4.79 Å². The molecule has 1 aliphatic rings. The first-order valence-corrected chi connectivity index (χ1v) is 9.07. The van der Waals surface area contributed by atoms with Crippen LogP contribution in [0.1, 0.15) is 23.3 Å². The summed E-state index contributed by atoms with van der Waals surface area (Å²) in [7, 11) is 0. The van der Waals surface area contributed by atoms with Crippen LogP contribution in [0.25, 0.3) is 10.2 Å². The van der Waals surface area contributed by atoms with Crippen molar-refractivity contribution in [3.05, 3.63) is 20.8 Å². The van der Waals surface area contributed by atoms with Crippen molar-refractivity contribution in [2.24, 2.45) is 0 Å². The molecular formula is C12H12N3NaOS4. The van der Waals surface area contributed by atoms with E-state index >= 15 is 0 Å². The maximum atomic E-state index is 12.7. The Morgan fingerprint density at radius 2 is 2.19 bits per heavy atom. The van der Waals surface area contributed by atoms with E-state index in [4.69, 9.17) is 24.8 Å². The molecule has 0 atom stereocenters. The Morgan fingerprint density at radius 1 is 1.48 bits per heavy atom. The second-order valence-electron chi connectivity index (χ2n) is 4.53. The fraction of sp³-hybridized carbons (Fsp3) is 0.417. The predicted molar refractivity (Wildman–Crippen MR) is 91.6 cm³/mol. The van der Waals surface area contributed by atoms with Gasteiger partial charge in [0.05, 0.1) is 5.39 Å². The van der Waals surface area contributed by atoms with E-state index in [1.165, 1.54) is 33.3 Å². The first-order chi connectivity index (χ1) is 9.61. The first-order valence-electron chi connectivity index (χ1n) is 6.21. The summed E-state index contributed by atoms with van der Waals surface area (Å²) in [5.74, 6) is 0. The molecule has 9 heteroatoms. The van der Waals surface area contributed by atoms with Crippen molar-refractivity contribution in [1.82, 2.24) is 9.66 Å². The SMILES string of the molecule is CSc1nc2sc3c(c2c(=O)n1NC(=S)[S-])CCCC3.[Na+]. The van der Waals surface area contributed by atoms with Gasteiger partial charge < -0.3 is 30.3 Å². The van der Waals surface area contributed by atoms with Crippen molar-refractivity contribution in [3.63, 3.8) is 0 Å². The number of aryl methyl sites for hydroxylation is 2. The van der Waals surface area contributed by atoms with Gasteiger partial charge in [0.1, 0.15) is 4.83 Å². The number of rotatable bonds is 2. The van der Waals surface area contributed by atoms with Crippen LogP contribution in [0.15, 0.2) is 9.95 Å². The van der Waals surface area contributed by atoms with Gasteiger partial charge >= 0.3 is 29.6 Å². The van der Waals surface area contributed by atoms with E-state index in [2.05, 4.69) is 10.4 Å². The van der Waals surface area contributed by atoms with E-state index in [1.807, 2.05) is 6.26 Å². The van der Waals surface area contributed by atoms with Crippen molar-refractivity contribution < 1.29 is 29.6 Å². The number of hydrogen-bond donors (Lipinski definition) is 1. The fourth-order valence-electron chi connectivity index (χ4n) is 2.51. The summed E-state index contributed by atoms with van der Waals surface area (Å²) in [5.41, 5.74) is 3.83. The molecule has 0 bridgehead atoms. The molecule has 2 heterocycles. The van der Waals surface area contributed by atoms with E-state index in [-0.39, 0.29) is 39.4 Å². The quantitative estimate of drug-likeness (QED) is 0.253. The van der Waals surface area contributed by atoms with Gasteiger partial charge in [0.15, 0.2) is 5.16 Å². The molecule has 21 heavy (non-hydrogen) atoms. The number of thiophene rings is 1. The minimum atomic E-state index is -0.0917. The number of thioether (sulfide) groups is 1. The molecule has 2 aromatic heterocycles. The number of thiocarbonyl (C=S) groups is 1. The van der Waals surface area contributed by atoms with Crippen molar-refractivity contribution >= 4 is 62.5 Å². The van der Waals surface area contributed by atoms with Crippen LogP contribution >= 0.6 is 35.3 Å². The number of fused-ring (bicyclic) bond motifs is 3. The summed E-state index contributed by atoms with van der Waals surface area (Å²) >= 11 is 12.8. The van der Waals surface area contributed by atoms with Crippen molar-refractivity contribution in [2.45, 2.75) is 30.8 Å². The summed E-state index contributed by atoms with van der Waals surface area (Å²) in [6, 6.07) is 0. The van der Waals surface area contributed by atoms with Gasteiger partial charge in [-0.2, -0.15) is 4.68 Å². The number of hydrogen-bond acceptors (Lipinski definition) is 6. The molecular weight excluding hydrogens is 353 g/mol. The van der Waals surface area contributed by atoms with Crippen molar-refractivity contribution in [2.75, 3.05) is 11.7 Å². The van der Waals surface area contributed by atoms with Gasteiger partial charge in [-0.05, 0) is 41.8 Å². The first kappa shape index (κ1) is 17.7. The van der Waals surface area contributed by atoms with Crippen LogP contribution in [0.3, 0.4) is 0 Å². The fourth-order valence-corrected chi connectivity index (χ4v) is 4.50. The molecule has 1 N–H and O–H groups in total. The average Bonchev–Trinajstić information content (AvgIpc) is 2.79. The second-order valence-corrected chi connectivity index (χ2v) is 7.46. The summed E-state index contributed by atoms with van der Waals surface area (Å²) in [5, 5.41) is 1.33. The van der Waals surface area contributed by atoms with Crippen molar-refractivity contribution in [1.29, 1.82) is 0 Å². The van der Waals surface area contributed by atoms with Crippen LogP contribution in [0.5, 0.6) is 0 Å². The molecule has 0 aliphatic heterocycles. The van der Waals surface area contributed by atoms with E-state index in [1.54, 1.807) is 11.3 Å². The molecule has 4 nitrogen and oxygen atoms in total. The molecule has 0 saturated heterocycles. The Bertz CT molecular complexity index is 755. The average molecular weight is 366 g/mol. The minimum absolute atomic E-state index is 0. The zero-order valence-electron chi connectivity index (χ0n) is 11.8. The van der Waals surface area contributed by atoms with Gasteiger partial charge in [-0.1, -0.05) is 11.8 Å². The summed E-state index contributed by atoms with van der Waals surface area (Å²) in [6.45, 7) is 0. The predicted octanol–water partition coefficient (Wildman–Crippen LogP) is -0.562. The molecule has 0 saturated carbocycles. The molecule has 3 rings (SSSR count). The van der Waals surface area contributed by atoms with E-state index in [0.29, 0.717) is 5.16 Å². The standard InChI is InChI=1S/C12H13N3OS4.Na/c1-19-11-13-9-8(10(16)15(11)14-12(17)18)6-4-2-3-5-7(6)20-9;/h2-5H2,1H3,(H2,14,17,18);/q;+1/p-1. The van der Waals surface area contributed by atoms with Crippen LogP contribution in [-0.2, 0) is 25.5 Å². The molecule has 2 aromatic rings. The second kappa shape index (κ2) is 7.25. The molecule has 0 unspecified atom stereocenters. The van der Waals surface area contributed by atoms with E-state index in [9.17, 15) is 4.79 Å². The topological polar surface area (TPSA) is 46.9 Å². The van der Waals surface area contributed by atoms with Gasteiger partial charge in [0, 0.05) is 4.88 Å². The summed E-state index contributed by atoms with van der Waals surface area (Å²) in [6.07, 6.45) is 6.22. The third kappa shape index (κ3) is 3.31. The summed E-state index contributed by atoms with van der Waals surface area (Å²) in [4.78, 5) is 19.5. The van der Waals surface area contributed by atoms with Gasteiger partial charge in [0.25, 0.3) is 5.56 Å². The number of nitrogens with zero attached hydrogens (tertiary/aromatic N) is 2. The normalized spacial score (nSPS) is 13.6. The molecule has 106 valence electrons. The minimum Gasteiger partial charge on any atom is -0.410 e. The molecule has 0 radical (unpaired) electrons. The molecule has 1 aliphatic carbocycles. The largest absolute Gasteiger partial charge is 1.00 e. The Hall–Kier alpha value is 0.300. The number of nitrogens with one attached hydrogen (secondary N) is 1. The monoisotopic (exact) mass is 365 g/mol. The zero-order chi connectivity index (χ0) is 14.3.